The summed E-state index contributed by atoms with van der Waals surface area (Å²) in [5.74, 6) is -0.475. The summed E-state index contributed by atoms with van der Waals surface area (Å²) in [6, 6.07) is 11.6. The van der Waals surface area contributed by atoms with Crippen LogP contribution in [0.25, 0.3) is 0 Å². The lowest BCUT2D eigenvalue weighted by Gasteiger charge is -2.44. The maximum absolute atomic E-state index is 12.1. The molecule has 1 saturated heterocycles. The van der Waals surface area contributed by atoms with Crippen LogP contribution in [0, 0.1) is 5.92 Å². The third-order valence-electron chi connectivity index (χ3n) is 6.50. The molecular weight excluding hydrogens is 560 g/mol. The normalized spacial score (nSPS) is 24.3. The van der Waals surface area contributed by atoms with Crippen LogP contribution >= 0.6 is 15.9 Å². The van der Waals surface area contributed by atoms with E-state index in [1.54, 1.807) is 0 Å². The van der Waals surface area contributed by atoms with Gasteiger partial charge in [-0.05, 0) is 41.3 Å². The maximum Gasteiger partial charge on any atom is 0.303 e. The van der Waals surface area contributed by atoms with Gasteiger partial charge in [0, 0.05) is 31.2 Å². The number of carbonyl (C=O) groups excluding carboxylic acids is 3. The van der Waals surface area contributed by atoms with E-state index < -0.39 is 48.2 Å². The number of fused-ring (bicyclic) bond motifs is 1. The number of carbonyl (C=O) groups is 3. The van der Waals surface area contributed by atoms with Crippen LogP contribution in [-0.2, 0) is 39.8 Å². The number of benzene rings is 2. The minimum atomic E-state index is -0.900. The number of rotatable bonds is 7. The van der Waals surface area contributed by atoms with Gasteiger partial charge < -0.3 is 28.4 Å². The number of esters is 3. The molecule has 4 rings (SSSR count). The number of hydrogen-bond acceptors (Lipinski definition) is 9. The van der Waals surface area contributed by atoms with Gasteiger partial charge in [0.2, 0.25) is 0 Å². The standard InChI is InChI=1S/C28H31BrO9/c1-15-25(14-35-16(2)30)38-27(28(37-18(4)32)26(15)36-17(3)31)20-6-7-22(29)21(13-20)11-19-5-8-23-24(12-19)34-10-9-33-23/h5-8,12-13,15,25-28H,9-11,14H2,1-4H3/t15-,25-,26+,27+,28-/m1/s1. The van der Waals surface area contributed by atoms with Gasteiger partial charge in [0.25, 0.3) is 0 Å². The summed E-state index contributed by atoms with van der Waals surface area (Å²) in [4.78, 5) is 35.6. The van der Waals surface area contributed by atoms with E-state index in [0.29, 0.717) is 25.4 Å². The first-order valence-electron chi connectivity index (χ1n) is 12.4. The molecule has 0 aliphatic carbocycles. The van der Waals surface area contributed by atoms with Gasteiger partial charge >= 0.3 is 17.9 Å². The second kappa shape index (κ2) is 12.2. The fourth-order valence-electron chi connectivity index (χ4n) is 4.74. The van der Waals surface area contributed by atoms with Crippen molar-refractivity contribution in [1.29, 1.82) is 0 Å². The molecule has 2 heterocycles. The van der Waals surface area contributed by atoms with Crippen molar-refractivity contribution in [2.75, 3.05) is 19.8 Å². The fourth-order valence-corrected chi connectivity index (χ4v) is 5.13. The van der Waals surface area contributed by atoms with Gasteiger partial charge in [0.1, 0.15) is 32.0 Å². The zero-order valence-corrected chi connectivity index (χ0v) is 23.3. The summed E-state index contributed by atoms with van der Waals surface area (Å²) in [5.41, 5.74) is 2.71. The third kappa shape index (κ3) is 6.66. The molecule has 9 nitrogen and oxygen atoms in total. The Bertz CT molecular complexity index is 1200. The molecule has 5 atom stereocenters. The van der Waals surface area contributed by atoms with Crippen molar-refractivity contribution in [3.63, 3.8) is 0 Å². The van der Waals surface area contributed by atoms with E-state index in [0.717, 1.165) is 26.9 Å². The Balaban J connectivity index is 1.67. The summed E-state index contributed by atoms with van der Waals surface area (Å²) in [7, 11) is 0. The summed E-state index contributed by atoms with van der Waals surface area (Å²) in [5, 5.41) is 0. The number of ether oxygens (including phenoxy) is 6. The molecule has 2 aliphatic heterocycles. The Kier molecular flexibility index (Phi) is 8.94. The van der Waals surface area contributed by atoms with Crippen LogP contribution in [0.4, 0.5) is 0 Å². The lowest BCUT2D eigenvalue weighted by molar-refractivity contribution is -0.232. The Labute approximate surface area is 229 Å². The smallest absolute Gasteiger partial charge is 0.303 e. The Morgan fingerprint density at radius 3 is 2.26 bits per heavy atom. The van der Waals surface area contributed by atoms with Crippen LogP contribution < -0.4 is 9.47 Å². The molecule has 1 fully saturated rings. The minimum absolute atomic E-state index is 0.0296. The highest BCUT2D eigenvalue weighted by Crippen LogP contribution is 2.40. The second-order valence-electron chi connectivity index (χ2n) is 9.41. The van der Waals surface area contributed by atoms with E-state index in [1.165, 1.54) is 20.8 Å². The molecule has 0 amide bonds. The predicted molar refractivity (Wildman–Crippen MR) is 139 cm³/mol. The molecule has 38 heavy (non-hydrogen) atoms. The van der Waals surface area contributed by atoms with Crippen LogP contribution in [0.3, 0.4) is 0 Å². The molecule has 204 valence electrons. The van der Waals surface area contributed by atoms with Crippen LogP contribution in [0.1, 0.15) is 50.5 Å². The minimum Gasteiger partial charge on any atom is -0.486 e. The second-order valence-corrected chi connectivity index (χ2v) is 10.3. The van der Waals surface area contributed by atoms with Crippen molar-refractivity contribution in [2.24, 2.45) is 5.92 Å². The fraction of sp³-hybridized carbons (Fsp3) is 0.464. The first-order chi connectivity index (χ1) is 18.1. The summed E-state index contributed by atoms with van der Waals surface area (Å²) < 4.78 is 35.2. The van der Waals surface area contributed by atoms with E-state index in [1.807, 2.05) is 43.3 Å². The SMILES string of the molecule is CC(=O)OC[C@H]1O[C@@H](c2ccc(Br)c(Cc3ccc4c(c3)OCCO4)c2)[C@H](OC(C)=O)[C@@H](OC(C)=O)[C@@H]1C. The predicted octanol–water partition coefficient (Wildman–Crippen LogP) is 4.31. The van der Waals surface area contributed by atoms with Crippen molar-refractivity contribution in [3.8, 4) is 11.5 Å². The Hall–Kier alpha value is -3.11. The monoisotopic (exact) mass is 590 g/mol. The third-order valence-corrected chi connectivity index (χ3v) is 7.28. The topological polar surface area (TPSA) is 107 Å². The summed E-state index contributed by atoms with van der Waals surface area (Å²) in [6.07, 6.45) is -2.49. The van der Waals surface area contributed by atoms with Crippen molar-refractivity contribution in [3.05, 3.63) is 57.6 Å². The lowest BCUT2D eigenvalue weighted by atomic mass is 9.85. The average molecular weight is 591 g/mol. The van der Waals surface area contributed by atoms with Crippen LogP contribution in [0.5, 0.6) is 11.5 Å². The highest BCUT2D eigenvalue weighted by atomic mass is 79.9. The number of halogens is 1. The average Bonchev–Trinajstić information content (AvgIpc) is 2.86. The zero-order valence-electron chi connectivity index (χ0n) is 21.7. The van der Waals surface area contributed by atoms with Crippen molar-refractivity contribution >= 4 is 33.8 Å². The van der Waals surface area contributed by atoms with Gasteiger partial charge in [-0.3, -0.25) is 14.4 Å². The van der Waals surface area contributed by atoms with Crippen molar-refractivity contribution < 1.29 is 42.8 Å². The van der Waals surface area contributed by atoms with E-state index in [9.17, 15) is 14.4 Å². The Morgan fingerprint density at radius 1 is 0.895 bits per heavy atom. The van der Waals surface area contributed by atoms with Gasteiger partial charge in [-0.2, -0.15) is 0 Å². The lowest BCUT2D eigenvalue weighted by Crippen LogP contribution is -2.54. The van der Waals surface area contributed by atoms with E-state index >= 15 is 0 Å². The Morgan fingerprint density at radius 2 is 1.58 bits per heavy atom. The molecule has 0 bridgehead atoms. The van der Waals surface area contributed by atoms with Gasteiger partial charge in [-0.15, -0.1) is 0 Å². The highest BCUT2D eigenvalue weighted by molar-refractivity contribution is 9.10. The van der Waals surface area contributed by atoms with E-state index in [-0.39, 0.29) is 6.61 Å². The quantitative estimate of drug-likeness (QED) is 0.344. The molecule has 0 spiro atoms. The summed E-state index contributed by atoms with van der Waals surface area (Å²) in [6.45, 7) is 6.72. The molecule has 0 unspecified atom stereocenters. The first kappa shape index (κ1) is 27.9. The molecule has 10 heteroatoms. The summed E-state index contributed by atoms with van der Waals surface area (Å²) >= 11 is 3.64. The van der Waals surface area contributed by atoms with Crippen LogP contribution in [0.2, 0.25) is 0 Å². The molecule has 2 aromatic rings. The molecule has 0 saturated carbocycles. The van der Waals surface area contributed by atoms with Crippen molar-refractivity contribution in [2.45, 2.75) is 58.5 Å². The van der Waals surface area contributed by atoms with E-state index in [2.05, 4.69) is 15.9 Å². The molecule has 0 aromatic heterocycles. The zero-order chi connectivity index (χ0) is 27.4. The molecule has 2 aromatic carbocycles. The van der Waals surface area contributed by atoms with Crippen LogP contribution in [-0.4, -0.2) is 56.0 Å². The van der Waals surface area contributed by atoms with E-state index in [4.69, 9.17) is 28.4 Å². The van der Waals surface area contributed by atoms with Crippen molar-refractivity contribution in [1.82, 2.24) is 0 Å². The largest absolute Gasteiger partial charge is 0.486 e. The van der Waals surface area contributed by atoms with Gasteiger partial charge in [-0.1, -0.05) is 41.1 Å². The molecule has 0 radical (unpaired) electrons. The highest BCUT2D eigenvalue weighted by Gasteiger charge is 2.48. The molecule has 2 aliphatic rings. The molecular formula is C28H31BrO9. The van der Waals surface area contributed by atoms with Gasteiger partial charge in [0.15, 0.2) is 17.6 Å². The van der Waals surface area contributed by atoms with Gasteiger partial charge in [-0.25, -0.2) is 0 Å². The number of hydrogen-bond donors (Lipinski definition) is 0. The van der Waals surface area contributed by atoms with Crippen LogP contribution in [0.15, 0.2) is 40.9 Å². The first-order valence-corrected chi connectivity index (χ1v) is 13.2. The maximum atomic E-state index is 12.1. The van der Waals surface area contributed by atoms with Gasteiger partial charge in [0.05, 0.1) is 6.10 Å². The molecule has 0 N–H and O–H groups in total.